The zero-order valence-electron chi connectivity index (χ0n) is 10.6. The van der Waals surface area contributed by atoms with Crippen molar-refractivity contribution in [2.45, 2.75) is 25.6 Å². The van der Waals surface area contributed by atoms with Crippen LogP contribution in [0.5, 0.6) is 5.75 Å². The van der Waals surface area contributed by atoms with Crippen LogP contribution in [0.3, 0.4) is 0 Å². The first-order valence-corrected chi connectivity index (χ1v) is 6.25. The Bertz CT molecular complexity index is 494. The summed E-state index contributed by atoms with van der Waals surface area (Å²) in [5.41, 5.74) is 0.450. The van der Waals surface area contributed by atoms with E-state index in [0.29, 0.717) is 12.1 Å². The fourth-order valence-electron chi connectivity index (χ4n) is 2.06. The van der Waals surface area contributed by atoms with Crippen LogP contribution in [0.25, 0.3) is 0 Å². The predicted molar refractivity (Wildman–Crippen MR) is 68.2 cm³/mol. The molecule has 1 N–H and O–H groups in total. The molecule has 0 saturated heterocycles. The first-order chi connectivity index (χ1) is 9.42. The summed E-state index contributed by atoms with van der Waals surface area (Å²) in [5, 5.41) is 2.65. The molecular formula is C14H14F3NO2. The van der Waals surface area contributed by atoms with Crippen LogP contribution in [-0.2, 0) is 4.79 Å². The van der Waals surface area contributed by atoms with E-state index in [1.807, 2.05) is 12.2 Å². The first kappa shape index (κ1) is 14.4. The third-order valence-corrected chi connectivity index (χ3v) is 2.93. The average Bonchev–Trinajstić information content (AvgIpc) is 2.82. The van der Waals surface area contributed by atoms with Gasteiger partial charge in [-0.3, -0.25) is 4.79 Å². The number of benzene rings is 1. The van der Waals surface area contributed by atoms with Crippen LogP contribution in [-0.4, -0.2) is 12.3 Å². The summed E-state index contributed by atoms with van der Waals surface area (Å²) in [4.78, 5) is 11.7. The van der Waals surface area contributed by atoms with E-state index in [9.17, 15) is 18.0 Å². The highest BCUT2D eigenvalue weighted by Gasteiger charge is 2.30. The minimum Gasteiger partial charge on any atom is -0.406 e. The molecule has 0 bridgehead atoms. The van der Waals surface area contributed by atoms with Gasteiger partial charge in [0.1, 0.15) is 5.75 Å². The van der Waals surface area contributed by atoms with Crippen molar-refractivity contribution in [2.75, 3.05) is 5.32 Å². The lowest BCUT2D eigenvalue weighted by Gasteiger charge is -2.11. The Hall–Kier alpha value is -1.98. The summed E-state index contributed by atoms with van der Waals surface area (Å²) >= 11 is 0. The number of allylic oxidation sites excluding steroid dienone is 2. The zero-order valence-corrected chi connectivity index (χ0v) is 10.6. The maximum absolute atomic E-state index is 12.0. The van der Waals surface area contributed by atoms with Gasteiger partial charge in [0, 0.05) is 12.1 Å². The summed E-state index contributed by atoms with van der Waals surface area (Å²) in [5.74, 6) is -0.205. The highest BCUT2D eigenvalue weighted by molar-refractivity contribution is 5.91. The minimum atomic E-state index is -4.71. The van der Waals surface area contributed by atoms with E-state index in [2.05, 4.69) is 10.1 Å². The highest BCUT2D eigenvalue weighted by atomic mass is 19.4. The number of hydrogen-bond acceptors (Lipinski definition) is 2. The molecule has 1 amide bonds. The van der Waals surface area contributed by atoms with E-state index < -0.39 is 6.36 Å². The van der Waals surface area contributed by atoms with Crippen LogP contribution in [0.4, 0.5) is 18.9 Å². The normalized spacial score (nSPS) is 18.1. The number of carbonyl (C=O) groups is 1. The topological polar surface area (TPSA) is 38.3 Å². The van der Waals surface area contributed by atoms with E-state index in [0.717, 1.165) is 12.8 Å². The van der Waals surface area contributed by atoms with E-state index in [-0.39, 0.29) is 17.6 Å². The number of hydrogen-bond donors (Lipinski definition) is 1. The maximum atomic E-state index is 12.0. The third-order valence-electron chi connectivity index (χ3n) is 2.93. The Kier molecular flexibility index (Phi) is 4.32. The molecule has 0 fully saturated rings. The van der Waals surface area contributed by atoms with Crippen LogP contribution < -0.4 is 10.1 Å². The first-order valence-electron chi connectivity index (χ1n) is 6.25. The maximum Gasteiger partial charge on any atom is 0.573 e. The smallest absolute Gasteiger partial charge is 0.406 e. The Labute approximate surface area is 114 Å². The van der Waals surface area contributed by atoms with Gasteiger partial charge in [0.25, 0.3) is 0 Å². The van der Waals surface area contributed by atoms with Crippen LogP contribution in [0.1, 0.15) is 19.3 Å². The van der Waals surface area contributed by atoms with Crippen LogP contribution in [0.2, 0.25) is 0 Å². The van der Waals surface area contributed by atoms with Gasteiger partial charge < -0.3 is 10.1 Å². The van der Waals surface area contributed by atoms with Crippen molar-refractivity contribution in [3.8, 4) is 5.75 Å². The van der Waals surface area contributed by atoms with Crippen molar-refractivity contribution in [1.82, 2.24) is 0 Å². The van der Waals surface area contributed by atoms with E-state index in [4.69, 9.17) is 0 Å². The van der Waals surface area contributed by atoms with E-state index in [1.165, 1.54) is 24.3 Å². The second kappa shape index (κ2) is 5.98. The van der Waals surface area contributed by atoms with Gasteiger partial charge >= 0.3 is 6.36 Å². The van der Waals surface area contributed by atoms with Gasteiger partial charge in [-0.05, 0) is 43.0 Å². The quantitative estimate of drug-likeness (QED) is 0.852. The van der Waals surface area contributed by atoms with Crippen molar-refractivity contribution < 1.29 is 22.7 Å². The molecule has 1 aromatic rings. The fourth-order valence-corrected chi connectivity index (χ4v) is 2.06. The van der Waals surface area contributed by atoms with Crippen molar-refractivity contribution in [2.24, 2.45) is 5.92 Å². The Morgan fingerprint density at radius 2 is 2.00 bits per heavy atom. The lowest BCUT2D eigenvalue weighted by Crippen LogP contribution is -2.17. The molecule has 0 spiro atoms. The Morgan fingerprint density at radius 3 is 2.55 bits per heavy atom. The largest absolute Gasteiger partial charge is 0.573 e. The standard InChI is InChI=1S/C14H14F3NO2/c15-14(16,17)20-12-7-5-11(6-8-12)18-13(19)9-10-3-1-2-4-10/h1,3,5-8,10H,2,4,9H2,(H,18,19)/t10-/m1/s1. The number of rotatable bonds is 4. The lowest BCUT2D eigenvalue weighted by atomic mass is 10.1. The van der Waals surface area contributed by atoms with E-state index >= 15 is 0 Å². The molecule has 0 aromatic heterocycles. The number of anilines is 1. The van der Waals surface area contributed by atoms with E-state index in [1.54, 1.807) is 0 Å². The SMILES string of the molecule is O=C(C[C@@H]1C=CCC1)Nc1ccc(OC(F)(F)F)cc1. The predicted octanol–water partition coefficient (Wildman–Crippen LogP) is 3.88. The molecule has 2 rings (SSSR count). The molecule has 0 saturated carbocycles. The molecule has 20 heavy (non-hydrogen) atoms. The number of halogens is 3. The number of nitrogens with one attached hydrogen (secondary N) is 1. The van der Waals surface area contributed by atoms with Crippen molar-refractivity contribution >= 4 is 11.6 Å². The molecular weight excluding hydrogens is 271 g/mol. The van der Waals surface area contributed by atoms with Gasteiger partial charge in [-0.1, -0.05) is 12.2 Å². The highest BCUT2D eigenvalue weighted by Crippen LogP contribution is 2.25. The minimum absolute atomic E-state index is 0.147. The van der Waals surface area contributed by atoms with Crippen LogP contribution >= 0.6 is 0 Å². The van der Waals surface area contributed by atoms with Crippen molar-refractivity contribution in [1.29, 1.82) is 0 Å². The van der Waals surface area contributed by atoms with Gasteiger partial charge in [-0.15, -0.1) is 13.2 Å². The third kappa shape index (κ3) is 4.60. The molecule has 0 unspecified atom stereocenters. The summed E-state index contributed by atoms with van der Waals surface area (Å²) < 4.78 is 39.7. The molecule has 0 radical (unpaired) electrons. The molecule has 6 heteroatoms. The van der Waals surface area contributed by atoms with Crippen molar-refractivity contribution in [3.05, 3.63) is 36.4 Å². The van der Waals surface area contributed by atoms with Gasteiger partial charge in [-0.2, -0.15) is 0 Å². The molecule has 108 valence electrons. The van der Waals surface area contributed by atoms with Crippen molar-refractivity contribution in [3.63, 3.8) is 0 Å². The molecule has 1 aliphatic carbocycles. The molecule has 1 atom stereocenters. The second-order valence-electron chi connectivity index (χ2n) is 4.59. The molecule has 1 aromatic carbocycles. The Morgan fingerprint density at radius 1 is 1.30 bits per heavy atom. The number of carbonyl (C=O) groups excluding carboxylic acids is 1. The summed E-state index contributed by atoms with van der Waals surface area (Å²) in [6.07, 6.45) is 1.69. The molecule has 1 aliphatic rings. The van der Waals surface area contributed by atoms with Gasteiger partial charge in [-0.25, -0.2) is 0 Å². The number of alkyl halides is 3. The summed E-state index contributed by atoms with van der Waals surface area (Å²) in [6, 6.07) is 5.09. The van der Waals surface area contributed by atoms with Crippen LogP contribution in [0, 0.1) is 5.92 Å². The molecule has 0 heterocycles. The van der Waals surface area contributed by atoms with Gasteiger partial charge in [0.05, 0.1) is 0 Å². The lowest BCUT2D eigenvalue weighted by molar-refractivity contribution is -0.274. The molecule has 3 nitrogen and oxygen atoms in total. The monoisotopic (exact) mass is 285 g/mol. The Balaban J connectivity index is 1.86. The van der Waals surface area contributed by atoms with Gasteiger partial charge in [0.15, 0.2) is 0 Å². The number of amides is 1. The summed E-state index contributed by atoms with van der Waals surface area (Å²) in [6.45, 7) is 0. The molecule has 0 aliphatic heterocycles. The second-order valence-corrected chi connectivity index (χ2v) is 4.59. The number of ether oxygens (including phenoxy) is 1. The fraction of sp³-hybridized carbons (Fsp3) is 0.357. The zero-order chi connectivity index (χ0) is 14.6. The summed E-state index contributed by atoms with van der Waals surface area (Å²) in [7, 11) is 0. The average molecular weight is 285 g/mol. The van der Waals surface area contributed by atoms with Crippen LogP contribution in [0.15, 0.2) is 36.4 Å². The van der Waals surface area contributed by atoms with Gasteiger partial charge in [0.2, 0.25) is 5.91 Å².